The quantitative estimate of drug-likeness (QED) is 0.737. The van der Waals surface area contributed by atoms with Crippen molar-refractivity contribution in [2.24, 2.45) is 0 Å². The van der Waals surface area contributed by atoms with Crippen molar-refractivity contribution in [1.29, 1.82) is 0 Å². The molecule has 0 saturated carbocycles. The van der Waals surface area contributed by atoms with Gasteiger partial charge in [0.1, 0.15) is 0 Å². The molecule has 0 aliphatic heterocycles. The summed E-state index contributed by atoms with van der Waals surface area (Å²) in [5.74, 6) is -0.165. The average Bonchev–Trinajstić information content (AvgIpc) is 2.10. The summed E-state index contributed by atoms with van der Waals surface area (Å²) in [6, 6.07) is 3.64. The summed E-state index contributed by atoms with van der Waals surface area (Å²) in [6.07, 6.45) is 0. The topological polar surface area (TPSA) is 55.1 Å². The van der Waals surface area contributed by atoms with Crippen LogP contribution < -0.4 is 11.1 Å². The molecule has 1 amide bonds. The van der Waals surface area contributed by atoms with Gasteiger partial charge in [-0.05, 0) is 40.5 Å². The molecular formula is C9H11BrN2O. The van der Waals surface area contributed by atoms with Gasteiger partial charge in [-0.1, -0.05) is 0 Å². The van der Waals surface area contributed by atoms with Gasteiger partial charge < -0.3 is 11.1 Å². The van der Waals surface area contributed by atoms with Crippen molar-refractivity contribution in [3.05, 3.63) is 27.7 Å². The van der Waals surface area contributed by atoms with Crippen molar-refractivity contribution in [1.82, 2.24) is 5.32 Å². The number of amides is 1. The van der Waals surface area contributed by atoms with Gasteiger partial charge in [-0.15, -0.1) is 0 Å². The van der Waals surface area contributed by atoms with Gasteiger partial charge in [0.05, 0.1) is 11.3 Å². The van der Waals surface area contributed by atoms with E-state index in [2.05, 4.69) is 21.2 Å². The minimum atomic E-state index is -0.165. The molecule has 70 valence electrons. The molecule has 0 fully saturated rings. The van der Waals surface area contributed by atoms with E-state index in [-0.39, 0.29) is 5.91 Å². The van der Waals surface area contributed by atoms with Gasteiger partial charge in [0.25, 0.3) is 5.91 Å². The lowest BCUT2D eigenvalue weighted by molar-refractivity contribution is 0.0964. The first-order valence-corrected chi connectivity index (χ1v) is 4.63. The van der Waals surface area contributed by atoms with Crippen LogP contribution in [-0.4, -0.2) is 13.0 Å². The molecule has 13 heavy (non-hydrogen) atoms. The molecule has 0 radical (unpaired) electrons. The number of anilines is 1. The van der Waals surface area contributed by atoms with Crippen molar-refractivity contribution in [3.63, 3.8) is 0 Å². The van der Waals surface area contributed by atoms with Crippen molar-refractivity contribution in [2.75, 3.05) is 12.8 Å². The number of carbonyl (C=O) groups excluding carboxylic acids is 1. The lowest BCUT2D eigenvalue weighted by Gasteiger charge is -2.07. The Morgan fingerprint density at radius 2 is 2.15 bits per heavy atom. The smallest absolute Gasteiger partial charge is 0.253 e. The van der Waals surface area contributed by atoms with Gasteiger partial charge in [0.2, 0.25) is 0 Å². The first-order valence-electron chi connectivity index (χ1n) is 3.84. The van der Waals surface area contributed by atoms with Crippen LogP contribution in [0.5, 0.6) is 0 Å². The number of halogens is 1. The molecular weight excluding hydrogens is 232 g/mol. The largest absolute Gasteiger partial charge is 0.397 e. The van der Waals surface area contributed by atoms with E-state index in [4.69, 9.17) is 5.73 Å². The van der Waals surface area contributed by atoms with Gasteiger partial charge in [-0.3, -0.25) is 4.79 Å². The van der Waals surface area contributed by atoms with E-state index in [9.17, 15) is 4.79 Å². The molecule has 1 aromatic carbocycles. The number of nitrogens with one attached hydrogen (secondary N) is 1. The summed E-state index contributed by atoms with van der Waals surface area (Å²) < 4.78 is 0.756. The van der Waals surface area contributed by atoms with Gasteiger partial charge in [-0.2, -0.15) is 0 Å². The standard InChI is InChI=1S/C9H11BrN2O/c1-5-3-6(9(13)12-2)8(11)7(10)4-5/h3-4H,11H2,1-2H3,(H,12,13). The van der Waals surface area contributed by atoms with Crippen LogP contribution in [0.15, 0.2) is 16.6 Å². The van der Waals surface area contributed by atoms with Crippen LogP contribution >= 0.6 is 15.9 Å². The predicted molar refractivity (Wildman–Crippen MR) is 56.7 cm³/mol. The fraction of sp³-hybridized carbons (Fsp3) is 0.222. The van der Waals surface area contributed by atoms with Gasteiger partial charge in [0.15, 0.2) is 0 Å². The Balaban J connectivity index is 3.28. The highest BCUT2D eigenvalue weighted by Crippen LogP contribution is 2.24. The zero-order valence-corrected chi connectivity index (χ0v) is 9.10. The molecule has 0 bridgehead atoms. The summed E-state index contributed by atoms with van der Waals surface area (Å²) in [4.78, 5) is 11.3. The fourth-order valence-corrected chi connectivity index (χ4v) is 1.65. The molecule has 0 atom stereocenters. The Bertz CT molecular complexity index is 350. The van der Waals surface area contributed by atoms with Crippen LogP contribution in [0.4, 0.5) is 5.69 Å². The molecule has 1 aromatic rings. The van der Waals surface area contributed by atoms with E-state index in [1.807, 2.05) is 13.0 Å². The van der Waals surface area contributed by atoms with Crippen LogP contribution in [0.25, 0.3) is 0 Å². The molecule has 0 aromatic heterocycles. The maximum absolute atomic E-state index is 11.3. The van der Waals surface area contributed by atoms with E-state index >= 15 is 0 Å². The summed E-state index contributed by atoms with van der Waals surface area (Å²) in [5.41, 5.74) is 7.71. The minimum absolute atomic E-state index is 0.165. The third-order valence-electron chi connectivity index (χ3n) is 1.75. The first-order chi connectivity index (χ1) is 6.06. The summed E-state index contributed by atoms with van der Waals surface area (Å²) in [5, 5.41) is 2.54. The minimum Gasteiger partial charge on any atom is -0.397 e. The Labute approximate surface area is 85.4 Å². The molecule has 0 unspecified atom stereocenters. The number of hydrogen-bond acceptors (Lipinski definition) is 2. The van der Waals surface area contributed by atoms with E-state index in [1.165, 1.54) is 0 Å². The van der Waals surface area contributed by atoms with Crippen LogP contribution in [0.2, 0.25) is 0 Å². The maximum Gasteiger partial charge on any atom is 0.253 e. The molecule has 0 aliphatic carbocycles. The molecule has 1 rings (SSSR count). The third-order valence-corrected chi connectivity index (χ3v) is 2.40. The van der Waals surface area contributed by atoms with Crippen molar-refractivity contribution < 1.29 is 4.79 Å². The number of benzene rings is 1. The highest BCUT2D eigenvalue weighted by Gasteiger charge is 2.10. The molecule has 0 saturated heterocycles. The van der Waals surface area contributed by atoms with E-state index in [0.29, 0.717) is 11.3 Å². The Morgan fingerprint density at radius 3 is 2.69 bits per heavy atom. The first kappa shape index (κ1) is 10.1. The van der Waals surface area contributed by atoms with Crippen molar-refractivity contribution >= 4 is 27.5 Å². The average molecular weight is 243 g/mol. The molecule has 0 spiro atoms. The number of nitrogen functional groups attached to an aromatic ring is 1. The number of hydrogen-bond donors (Lipinski definition) is 2. The van der Waals surface area contributed by atoms with E-state index in [0.717, 1.165) is 10.0 Å². The number of rotatable bonds is 1. The number of nitrogens with two attached hydrogens (primary N) is 1. The molecule has 0 aliphatic rings. The second-order valence-corrected chi connectivity index (χ2v) is 3.64. The monoisotopic (exact) mass is 242 g/mol. The zero-order chi connectivity index (χ0) is 10.0. The van der Waals surface area contributed by atoms with Crippen molar-refractivity contribution in [3.8, 4) is 0 Å². The lowest BCUT2D eigenvalue weighted by Crippen LogP contribution is -2.19. The summed E-state index contributed by atoms with van der Waals surface area (Å²) in [7, 11) is 1.58. The molecule has 4 heteroatoms. The van der Waals surface area contributed by atoms with E-state index in [1.54, 1.807) is 13.1 Å². The highest BCUT2D eigenvalue weighted by atomic mass is 79.9. The number of carbonyl (C=O) groups is 1. The van der Waals surface area contributed by atoms with Crippen LogP contribution in [0.1, 0.15) is 15.9 Å². The molecule has 3 nitrogen and oxygen atoms in total. The maximum atomic E-state index is 11.3. The second-order valence-electron chi connectivity index (χ2n) is 2.79. The van der Waals surface area contributed by atoms with Gasteiger partial charge in [0, 0.05) is 11.5 Å². The highest BCUT2D eigenvalue weighted by molar-refractivity contribution is 9.10. The summed E-state index contributed by atoms with van der Waals surface area (Å²) >= 11 is 3.29. The third kappa shape index (κ3) is 2.01. The second kappa shape index (κ2) is 3.79. The predicted octanol–water partition coefficient (Wildman–Crippen LogP) is 1.70. The molecule has 3 N–H and O–H groups in total. The zero-order valence-electron chi connectivity index (χ0n) is 7.52. The molecule has 0 heterocycles. The Hall–Kier alpha value is -1.03. The normalized spacial score (nSPS) is 9.77. The van der Waals surface area contributed by atoms with Gasteiger partial charge in [-0.25, -0.2) is 0 Å². The van der Waals surface area contributed by atoms with Crippen LogP contribution in [0.3, 0.4) is 0 Å². The lowest BCUT2D eigenvalue weighted by atomic mass is 10.1. The van der Waals surface area contributed by atoms with E-state index < -0.39 is 0 Å². The Morgan fingerprint density at radius 1 is 1.54 bits per heavy atom. The van der Waals surface area contributed by atoms with Crippen LogP contribution in [-0.2, 0) is 0 Å². The SMILES string of the molecule is CNC(=O)c1cc(C)cc(Br)c1N. The fourth-order valence-electron chi connectivity index (χ4n) is 1.08. The van der Waals surface area contributed by atoms with Crippen LogP contribution in [0, 0.1) is 6.92 Å². The van der Waals surface area contributed by atoms with Crippen molar-refractivity contribution in [2.45, 2.75) is 6.92 Å². The van der Waals surface area contributed by atoms with Gasteiger partial charge >= 0.3 is 0 Å². The summed E-state index contributed by atoms with van der Waals surface area (Å²) in [6.45, 7) is 1.91. The Kier molecular flexibility index (Phi) is 2.93. The number of aryl methyl sites for hydroxylation is 1.